The third-order valence-corrected chi connectivity index (χ3v) is 2.46. The van der Waals surface area contributed by atoms with E-state index in [2.05, 4.69) is 6.07 Å². The predicted octanol–water partition coefficient (Wildman–Crippen LogP) is 2.79. The van der Waals surface area contributed by atoms with Crippen LogP contribution in [0.1, 0.15) is 20.8 Å². The van der Waals surface area contributed by atoms with Gasteiger partial charge in [0.05, 0.1) is 6.07 Å². The van der Waals surface area contributed by atoms with Crippen LogP contribution in [-0.2, 0) is 4.74 Å². The second-order valence-electron chi connectivity index (χ2n) is 3.60. The molecule has 3 nitrogen and oxygen atoms in total. The Balaban J connectivity index is 2.93. The van der Waals surface area contributed by atoms with E-state index in [1.807, 2.05) is 56.0 Å². The fourth-order valence-electron chi connectivity index (χ4n) is 1.73. The van der Waals surface area contributed by atoms with E-state index in [1.165, 1.54) is 0 Å². The van der Waals surface area contributed by atoms with E-state index in [1.54, 1.807) is 0 Å². The number of nitrogens with zero attached hydrogens (tertiary/aromatic N) is 2. The van der Waals surface area contributed by atoms with Crippen molar-refractivity contribution in [2.45, 2.75) is 33.0 Å². The second kappa shape index (κ2) is 6.14. The van der Waals surface area contributed by atoms with Crippen molar-refractivity contribution in [2.24, 2.45) is 0 Å². The molecular formula is C13H18N2O. The molecule has 0 aromatic heterocycles. The normalized spacial score (nSPS) is 13.9. The summed E-state index contributed by atoms with van der Waals surface area (Å²) in [4.78, 5) is 1.98. The molecule has 0 aliphatic heterocycles. The molecule has 16 heavy (non-hydrogen) atoms. The van der Waals surface area contributed by atoms with Crippen LogP contribution < -0.4 is 4.90 Å². The van der Waals surface area contributed by atoms with Gasteiger partial charge in [-0.3, -0.25) is 0 Å². The molecule has 0 fully saturated rings. The van der Waals surface area contributed by atoms with Gasteiger partial charge >= 0.3 is 0 Å². The molecule has 0 amide bonds. The second-order valence-corrected chi connectivity index (χ2v) is 3.60. The molecule has 0 saturated carbocycles. The number of nitriles is 1. The van der Waals surface area contributed by atoms with Crippen molar-refractivity contribution in [2.75, 3.05) is 11.5 Å². The highest BCUT2D eigenvalue weighted by molar-refractivity contribution is 5.48. The average Bonchev–Trinajstić information content (AvgIpc) is 2.31. The van der Waals surface area contributed by atoms with Crippen LogP contribution in [0.15, 0.2) is 30.3 Å². The van der Waals surface area contributed by atoms with Crippen molar-refractivity contribution in [1.82, 2.24) is 0 Å². The zero-order valence-electron chi connectivity index (χ0n) is 10.1. The number of rotatable bonds is 5. The highest BCUT2D eigenvalue weighted by atomic mass is 16.5. The highest BCUT2D eigenvalue weighted by Crippen LogP contribution is 2.19. The minimum Gasteiger partial charge on any atom is -0.359 e. The van der Waals surface area contributed by atoms with Crippen molar-refractivity contribution in [3.63, 3.8) is 0 Å². The van der Waals surface area contributed by atoms with E-state index in [4.69, 9.17) is 10.00 Å². The monoisotopic (exact) mass is 218 g/mol. The van der Waals surface area contributed by atoms with Crippen LogP contribution in [0, 0.1) is 11.3 Å². The summed E-state index contributed by atoms with van der Waals surface area (Å²) >= 11 is 0. The van der Waals surface area contributed by atoms with Crippen molar-refractivity contribution < 1.29 is 4.74 Å². The first-order valence-electron chi connectivity index (χ1n) is 5.55. The minimum atomic E-state index is -0.205. The van der Waals surface area contributed by atoms with Gasteiger partial charge in [0.25, 0.3) is 0 Å². The molecule has 2 atom stereocenters. The number of para-hydroxylation sites is 1. The van der Waals surface area contributed by atoms with E-state index >= 15 is 0 Å². The molecule has 0 radical (unpaired) electrons. The summed E-state index contributed by atoms with van der Waals surface area (Å²) in [6.45, 7) is 6.44. The molecule has 0 spiro atoms. The summed E-state index contributed by atoms with van der Waals surface area (Å²) in [5.74, 6) is 0. The summed E-state index contributed by atoms with van der Waals surface area (Å²) in [7, 11) is 0. The van der Waals surface area contributed by atoms with Crippen LogP contribution in [0.2, 0.25) is 0 Å². The predicted molar refractivity (Wildman–Crippen MR) is 65.1 cm³/mol. The fourth-order valence-corrected chi connectivity index (χ4v) is 1.73. The zero-order chi connectivity index (χ0) is 12.0. The van der Waals surface area contributed by atoms with Gasteiger partial charge in [-0.1, -0.05) is 18.2 Å². The van der Waals surface area contributed by atoms with Gasteiger partial charge in [-0.25, -0.2) is 0 Å². The van der Waals surface area contributed by atoms with Gasteiger partial charge in [-0.2, -0.15) is 5.26 Å². The van der Waals surface area contributed by atoms with E-state index < -0.39 is 0 Å². The Labute approximate surface area is 97.3 Å². The standard InChI is InChI=1S/C13H18N2O/c1-4-16-12(3)15(11(2)10-14)13-8-6-5-7-9-13/h5-9,11-12H,4H2,1-3H3. The Bertz CT molecular complexity index is 345. The maximum Gasteiger partial charge on any atom is 0.128 e. The van der Waals surface area contributed by atoms with Crippen LogP contribution in [-0.4, -0.2) is 18.9 Å². The molecule has 1 rings (SSSR count). The lowest BCUT2D eigenvalue weighted by Gasteiger charge is -2.32. The first-order valence-corrected chi connectivity index (χ1v) is 5.55. The van der Waals surface area contributed by atoms with Crippen LogP contribution in [0.3, 0.4) is 0 Å². The van der Waals surface area contributed by atoms with Gasteiger partial charge in [0.1, 0.15) is 12.3 Å². The molecule has 3 heteroatoms. The first kappa shape index (κ1) is 12.5. The van der Waals surface area contributed by atoms with Gasteiger partial charge in [0.15, 0.2) is 0 Å². The molecule has 86 valence electrons. The molecule has 0 N–H and O–H groups in total. The Morgan fingerprint density at radius 3 is 2.44 bits per heavy atom. The lowest BCUT2D eigenvalue weighted by molar-refractivity contribution is 0.0710. The van der Waals surface area contributed by atoms with Crippen LogP contribution in [0.25, 0.3) is 0 Å². The van der Waals surface area contributed by atoms with E-state index in [-0.39, 0.29) is 12.3 Å². The van der Waals surface area contributed by atoms with Gasteiger partial charge < -0.3 is 9.64 Å². The highest BCUT2D eigenvalue weighted by Gasteiger charge is 2.20. The van der Waals surface area contributed by atoms with Gasteiger partial charge in [-0.15, -0.1) is 0 Å². The molecule has 1 aromatic carbocycles. The summed E-state index contributed by atoms with van der Waals surface area (Å²) in [6, 6.07) is 11.9. The Kier molecular flexibility index (Phi) is 4.81. The fraction of sp³-hybridized carbons (Fsp3) is 0.462. The molecule has 0 aliphatic rings. The summed E-state index contributed by atoms with van der Waals surface area (Å²) in [6.07, 6.45) is -0.0953. The third kappa shape index (κ3) is 2.98. The number of ether oxygens (including phenoxy) is 1. The SMILES string of the molecule is CCOC(C)N(c1ccccc1)C(C)C#N. The Morgan fingerprint density at radius 1 is 1.31 bits per heavy atom. The van der Waals surface area contributed by atoms with Crippen LogP contribution in [0.5, 0.6) is 0 Å². The van der Waals surface area contributed by atoms with Crippen LogP contribution >= 0.6 is 0 Å². The van der Waals surface area contributed by atoms with Gasteiger partial charge in [-0.05, 0) is 32.9 Å². The van der Waals surface area contributed by atoms with E-state index in [0.717, 1.165) is 5.69 Å². The minimum absolute atomic E-state index is 0.0953. The van der Waals surface area contributed by atoms with Crippen LogP contribution in [0.4, 0.5) is 5.69 Å². The lowest BCUT2D eigenvalue weighted by Crippen LogP contribution is -2.41. The van der Waals surface area contributed by atoms with Crippen molar-refractivity contribution in [3.05, 3.63) is 30.3 Å². The molecule has 1 aromatic rings. The molecule has 0 aliphatic carbocycles. The van der Waals surface area contributed by atoms with Gasteiger partial charge in [0, 0.05) is 12.3 Å². The largest absolute Gasteiger partial charge is 0.359 e. The van der Waals surface area contributed by atoms with E-state index in [0.29, 0.717) is 6.61 Å². The van der Waals surface area contributed by atoms with Crippen molar-refractivity contribution in [1.29, 1.82) is 5.26 Å². The summed E-state index contributed by atoms with van der Waals surface area (Å²) in [5, 5.41) is 9.04. The summed E-state index contributed by atoms with van der Waals surface area (Å²) < 4.78 is 5.56. The molecule has 0 saturated heterocycles. The number of hydrogen-bond donors (Lipinski definition) is 0. The average molecular weight is 218 g/mol. The third-order valence-electron chi connectivity index (χ3n) is 2.46. The summed E-state index contributed by atoms with van der Waals surface area (Å²) in [5.41, 5.74) is 1.01. The zero-order valence-corrected chi connectivity index (χ0v) is 10.1. The quantitative estimate of drug-likeness (QED) is 0.713. The number of benzene rings is 1. The smallest absolute Gasteiger partial charge is 0.128 e. The first-order chi connectivity index (χ1) is 7.70. The lowest BCUT2D eigenvalue weighted by atomic mass is 10.2. The Hall–Kier alpha value is -1.53. The Morgan fingerprint density at radius 2 is 1.94 bits per heavy atom. The molecule has 0 bridgehead atoms. The number of hydrogen-bond acceptors (Lipinski definition) is 3. The molecule has 2 unspecified atom stereocenters. The number of anilines is 1. The van der Waals surface area contributed by atoms with Gasteiger partial charge in [0.2, 0.25) is 0 Å². The van der Waals surface area contributed by atoms with E-state index in [9.17, 15) is 0 Å². The topological polar surface area (TPSA) is 36.3 Å². The maximum absolute atomic E-state index is 9.04. The van der Waals surface area contributed by atoms with Crippen molar-refractivity contribution in [3.8, 4) is 6.07 Å². The van der Waals surface area contributed by atoms with Crippen molar-refractivity contribution >= 4 is 5.69 Å². The molecular weight excluding hydrogens is 200 g/mol. The maximum atomic E-state index is 9.04. The molecule has 0 heterocycles.